The zero-order chi connectivity index (χ0) is 27.2. The second-order valence-corrected chi connectivity index (χ2v) is 14.6. The van der Waals surface area contributed by atoms with Crippen molar-refractivity contribution in [2.75, 3.05) is 6.61 Å². The van der Waals surface area contributed by atoms with Crippen molar-refractivity contribution in [3.8, 4) is 11.5 Å². The van der Waals surface area contributed by atoms with Gasteiger partial charge in [-0.25, -0.2) is 13.2 Å². The molecule has 6 rings (SSSR count). The summed E-state index contributed by atoms with van der Waals surface area (Å²) in [6.07, 6.45) is 6.26. The van der Waals surface area contributed by atoms with Crippen molar-refractivity contribution < 1.29 is 37.1 Å². The predicted octanol–water partition coefficient (Wildman–Crippen LogP) is 5.52. The number of phenols is 1. The van der Waals surface area contributed by atoms with Crippen LogP contribution < -0.4 is 4.74 Å². The molecule has 2 aromatic carbocycles. The van der Waals surface area contributed by atoms with E-state index in [1.807, 2.05) is 45.2 Å². The van der Waals surface area contributed by atoms with Gasteiger partial charge < -0.3 is 19.1 Å². The molecule has 38 heavy (non-hydrogen) atoms. The Morgan fingerprint density at radius 2 is 1.66 bits per heavy atom. The van der Waals surface area contributed by atoms with E-state index in [0.29, 0.717) is 26.9 Å². The number of phenolic OH excluding ortho intramolecular Hbond substituents is 1. The minimum absolute atomic E-state index is 0.0303. The number of hydrogen-bond donors (Lipinski definition) is 1. The average molecular weight is 765 g/mol. The van der Waals surface area contributed by atoms with Crippen molar-refractivity contribution >= 4 is 67.2 Å². The Morgan fingerprint density at radius 3 is 2.26 bits per heavy atom. The fourth-order valence-corrected chi connectivity index (χ4v) is 9.63. The van der Waals surface area contributed by atoms with Gasteiger partial charge in [0.15, 0.2) is 0 Å². The Morgan fingerprint density at radius 1 is 1.03 bits per heavy atom. The maximum Gasteiger partial charge on any atom is 0.341 e. The molecule has 0 heterocycles. The monoisotopic (exact) mass is 765 g/mol. The van der Waals surface area contributed by atoms with Gasteiger partial charge in [-0.3, -0.25) is 4.79 Å². The molecule has 0 atom stereocenters. The van der Waals surface area contributed by atoms with Gasteiger partial charge in [-0.05, 0) is 149 Å². The molecule has 11 heteroatoms. The first kappa shape index (κ1) is 28.1. The van der Waals surface area contributed by atoms with Gasteiger partial charge >= 0.3 is 11.9 Å². The van der Waals surface area contributed by atoms with Crippen molar-refractivity contribution in [1.82, 2.24) is 0 Å². The van der Waals surface area contributed by atoms with Crippen LogP contribution in [0.25, 0.3) is 0 Å². The number of halogens is 2. The molecule has 8 nitrogen and oxygen atoms in total. The van der Waals surface area contributed by atoms with Crippen molar-refractivity contribution in [2.24, 2.45) is 17.8 Å². The van der Waals surface area contributed by atoms with E-state index in [0.717, 1.165) is 22.8 Å². The van der Waals surface area contributed by atoms with E-state index < -0.39 is 22.1 Å². The Balaban J connectivity index is 1.23. The van der Waals surface area contributed by atoms with Gasteiger partial charge in [-0.2, -0.15) is 0 Å². The number of benzene rings is 2. The third-order valence-electron chi connectivity index (χ3n) is 8.07. The van der Waals surface area contributed by atoms with Gasteiger partial charge in [0.05, 0.1) is 15.1 Å². The molecule has 0 aliphatic heterocycles. The third-order valence-corrected chi connectivity index (χ3v) is 10.4. The zero-order valence-corrected chi connectivity index (χ0v) is 25.6. The van der Waals surface area contributed by atoms with E-state index >= 15 is 0 Å². The van der Waals surface area contributed by atoms with Crippen molar-refractivity contribution in [2.45, 2.75) is 61.7 Å². The van der Waals surface area contributed by atoms with E-state index in [9.17, 15) is 27.7 Å². The van der Waals surface area contributed by atoms with Crippen LogP contribution in [-0.4, -0.2) is 36.6 Å². The van der Waals surface area contributed by atoms with E-state index in [4.69, 9.17) is 9.47 Å². The number of ether oxygens (including phenoxy) is 2. The zero-order valence-electron chi connectivity index (χ0n) is 20.5. The summed E-state index contributed by atoms with van der Waals surface area (Å²) in [5.74, 6) is 0.465. The molecular formula is C27H27I2O8S-. The molecule has 1 N–H and O–H groups in total. The fraction of sp³-hybridized carbons (Fsp3) is 0.481. The number of carbonyl (C=O) groups excluding carboxylic acids is 2. The molecule has 4 bridgehead atoms. The van der Waals surface area contributed by atoms with Crippen LogP contribution in [0, 0.1) is 24.9 Å². The first-order chi connectivity index (χ1) is 17.9. The molecule has 2 aromatic rings. The second kappa shape index (κ2) is 10.8. The summed E-state index contributed by atoms with van der Waals surface area (Å²) < 4.78 is 48.5. The molecule has 0 unspecified atom stereocenters. The number of carbonyl (C=O) groups is 2. The van der Waals surface area contributed by atoms with Crippen molar-refractivity contribution in [3.63, 3.8) is 0 Å². The van der Waals surface area contributed by atoms with Crippen LogP contribution >= 0.6 is 45.2 Å². The summed E-state index contributed by atoms with van der Waals surface area (Å²) >= 11 is 3.97. The molecule has 4 fully saturated rings. The Hall–Kier alpha value is -1.45. The summed E-state index contributed by atoms with van der Waals surface area (Å²) in [5.41, 5.74) is 0.198. The third kappa shape index (κ3) is 5.85. The van der Waals surface area contributed by atoms with Crippen LogP contribution in [0.3, 0.4) is 0 Å². The number of rotatable bonds is 8. The van der Waals surface area contributed by atoms with Crippen LogP contribution in [0.5, 0.6) is 11.5 Å². The van der Waals surface area contributed by atoms with E-state index in [2.05, 4.69) is 0 Å². The predicted molar refractivity (Wildman–Crippen MR) is 153 cm³/mol. The smallest absolute Gasteiger partial charge is 0.341 e. The first-order valence-electron chi connectivity index (χ1n) is 12.6. The second-order valence-electron chi connectivity index (χ2n) is 10.8. The van der Waals surface area contributed by atoms with Crippen LogP contribution in [0.1, 0.15) is 67.3 Å². The molecule has 0 amide bonds. The molecular weight excluding hydrogens is 738 g/mol. The molecule has 4 saturated carbocycles. The van der Waals surface area contributed by atoms with Crippen molar-refractivity contribution in [1.29, 1.82) is 0 Å². The summed E-state index contributed by atoms with van der Waals surface area (Å²) in [6, 6.07) is 7.47. The summed E-state index contributed by atoms with van der Waals surface area (Å²) in [4.78, 5) is 24.7. The van der Waals surface area contributed by atoms with Gasteiger partial charge in [0.25, 0.3) is 0 Å². The summed E-state index contributed by atoms with van der Waals surface area (Å²) in [5, 5.41) is 10.1. The molecule has 0 spiro atoms. The lowest BCUT2D eigenvalue weighted by atomic mass is 9.48. The van der Waals surface area contributed by atoms with Gasteiger partial charge in [0.1, 0.15) is 27.2 Å². The van der Waals surface area contributed by atoms with Crippen LogP contribution in [0.2, 0.25) is 0 Å². The Labute approximate surface area is 248 Å². The van der Waals surface area contributed by atoms with Crippen LogP contribution in [0.15, 0.2) is 35.2 Å². The minimum Gasteiger partial charge on any atom is -0.744 e. The Kier molecular flexibility index (Phi) is 8.02. The minimum atomic E-state index is -4.69. The average Bonchev–Trinajstić information content (AvgIpc) is 2.82. The topological polar surface area (TPSA) is 130 Å². The molecule has 0 radical (unpaired) electrons. The summed E-state index contributed by atoms with van der Waals surface area (Å²) in [6.45, 7) is -0.0404. The van der Waals surface area contributed by atoms with Crippen molar-refractivity contribution in [3.05, 3.63) is 48.6 Å². The molecule has 0 saturated heterocycles. The fourth-order valence-electron chi connectivity index (χ4n) is 7.01. The van der Waals surface area contributed by atoms with Gasteiger partial charge in [0, 0.05) is 9.99 Å². The standard InChI is InChI=1S/C27H28I2O8S/c28-18-9-20(25(31)22(29)10-18)26(32)36-5-1-2-24(30)37-19-3-4-23(38(33,34)35)21(11-19)27-12-15-6-16(13-27)8-17(7-15)14-27/h3-4,9-11,15-17,31H,1-2,5-8,12-14H2,(H,33,34,35)/p-1. The highest BCUT2D eigenvalue weighted by Gasteiger charge is 2.52. The van der Waals surface area contributed by atoms with Gasteiger partial charge in [-0.1, -0.05) is 0 Å². The highest BCUT2D eigenvalue weighted by Crippen LogP contribution is 2.61. The number of esters is 2. The SMILES string of the molecule is O=C(CCCOC(=O)c1cc(I)cc(I)c1O)Oc1ccc(S(=O)(=O)[O-])c(C23CC4CC(CC(C4)C2)C3)c1. The van der Waals surface area contributed by atoms with E-state index in [1.54, 1.807) is 12.1 Å². The van der Waals surface area contributed by atoms with Crippen LogP contribution in [0.4, 0.5) is 0 Å². The molecule has 0 aromatic heterocycles. The molecule has 4 aliphatic carbocycles. The highest BCUT2D eigenvalue weighted by atomic mass is 127. The lowest BCUT2D eigenvalue weighted by Crippen LogP contribution is -2.49. The summed E-state index contributed by atoms with van der Waals surface area (Å²) in [7, 11) is -4.69. The molecule has 204 valence electrons. The molecule has 4 aliphatic rings. The largest absolute Gasteiger partial charge is 0.744 e. The highest BCUT2D eigenvalue weighted by molar-refractivity contribution is 14.1. The van der Waals surface area contributed by atoms with Crippen LogP contribution in [-0.2, 0) is 25.1 Å². The Bertz CT molecular complexity index is 1350. The lowest BCUT2D eigenvalue weighted by molar-refractivity contribution is -0.134. The normalized spacial score (nSPS) is 25.8. The number of hydrogen-bond acceptors (Lipinski definition) is 8. The lowest BCUT2D eigenvalue weighted by Gasteiger charge is -2.57. The maximum absolute atomic E-state index is 12.5. The maximum atomic E-state index is 12.5. The first-order valence-corrected chi connectivity index (χ1v) is 16.2. The van der Waals surface area contributed by atoms with Gasteiger partial charge in [-0.15, -0.1) is 0 Å². The van der Waals surface area contributed by atoms with E-state index in [1.165, 1.54) is 37.5 Å². The quantitative estimate of drug-likeness (QED) is 0.122. The van der Waals surface area contributed by atoms with Gasteiger partial charge in [0.2, 0.25) is 0 Å². The van der Waals surface area contributed by atoms with E-state index in [-0.39, 0.29) is 46.8 Å². The number of aromatic hydroxyl groups is 1.